The van der Waals surface area contributed by atoms with Gasteiger partial charge in [-0.25, -0.2) is 0 Å². The molecule has 1 atom stereocenters. The van der Waals surface area contributed by atoms with Gasteiger partial charge in [0.05, 0.1) is 5.56 Å². The Labute approximate surface area is 142 Å². The predicted molar refractivity (Wildman–Crippen MR) is 76.9 cm³/mol. The highest BCUT2D eigenvalue weighted by Crippen LogP contribution is 2.37. The Bertz CT molecular complexity index is 750. The van der Waals surface area contributed by atoms with Crippen LogP contribution in [0.2, 0.25) is 0 Å². The molecule has 128 valence electrons. The molecule has 0 aliphatic carbocycles. The van der Waals surface area contributed by atoms with E-state index in [4.69, 9.17) is 0 Å². The molecule has 1 aromatic carbocycles. The average Bonchev–Trinajstić information content (AvgIpc) is 2.74. The topological polar surface area (TPSA) is 75.7 Å². The van der Waals surface area contributed by atoms with E-state index in [0.29, 0.717) is 5.56 Å². The maximum absolute atomic E-state index is 12.5. The molecule has 2 aliphatic heterocycles. The van der Waals surface area contributed by atoms with Gasteiger partial charge in [-0.05, 0) is 40.0 Å². The van der Waals surface area contributed by atoms with Crippen LogP contribution in [0.25, 0.3) is 0 Å². The van der Waals surface area contributed by atoms with E-state index < -0.39 is 35.9 Å². The van der Waals surface area contributed by atoms with Crippen LogP contribution in [-0.4, -0.2) is 35.0 Å². The molecule has 1 saturated heterocycles. The number of imide groups is 1. The molecule has 10 heteroatoms. The van der Waals surface area contributed by atoms with Gasteiger partial charge in [0.1, 0.15) is 11.8 Å². The Morgan fingerprint density at radius 3 is 2.58 bits per heavy atom. The number of nitrogens with one attached hydrogen (secondary N) is 1. The van der Waals surface area contributed by atoms with Crippen molar-refractivity contribution in [3.05, 3.63) is 27.7 Å². The largest absolute Gasteiger partial charge is 0.573 e. The van der Waals surface area contributed by atoms with Crippen molar-refractivity contribution in [1.82, 2.24) is 10.2 Å². The predicted octanol–water partition coefficient (Wildman–Crippen LogP) is 2.11. The number of carbonyl (C=O) groups is 3. The first-order valence-corrected chi connectivity index (χ1v) is 7.68. The highest BCUT2D eigenvalue weighted by atomic mass is 79.9. The summed E-state index contributed by atoms with van der Waals surface area (Å²) in [6.45, 7) is -0.0336. The van der Waals surface area contributed by atoms with Crippen LogP contribution < -0.4 is 10.1 Å². The quantitative estimate of drug-likeness (QED) is 0.763. The summed E-state index contributed by atoms with van der Waals surface area (Å²) in [6.07, 6.45) is -4.58. The van der Waals surface area contributed by atoms with E-state index >= 15 is 0 Å². The van der Waals surface area contributed by atoms with E-state index in [0.717, 1.165) is 12.1 Å². The fourth-order valence-corrected chi connectivity index (χ4v) is 3.47. The molecule has 1 unspecified atom stereocenters. The molecule has 3 amide bonds. The number of halogens is 4. The van der Waals surface area contributed by atoms with E-state index in [1.54, 1.807) is 0 Å². The van der Waals surface area contributed by atoms with Gasteiger partial charge in [0.2, 0.25) is 11.8 Å². The van der Waals surface area contributed by atoms with Gasteiger partial charge in [0.25, 0.3) is 5.91 Å². The summed E-state index contributed by atoms with van der Waals surface area (Å²) < 4.78 is 41.1. The molecule has 1 aromatic rings. The lowest BCUT2D eigenvalue weighted by Crippen LogP contribution is -2.52. The number of ether oxygens (including phenoxy) is 1. The van der Waals surface area contributed by atoms with Crippen molar-refractivity contribution < 1.29 is 32.3 Å². The van der Waals surface area contributed by atoms with Crippen molar-refractivity contribution in [3.8, 4) is 5.75 Å². The van der Waals surface area contributed by atoms with Crippen molar-refractivity contribution in [2.45, 2.75) is 31.8 Å². The second-order valence-corrected chi connectivity index (χ2v) is 6.24. The van der Waals surface area contributed by atoms with Gasteiger partial charge in [-0.2, -0.15) is 0 Å². The second kappa shape index (κ2) is 5.76. The van der Waals surface area contributed by atoms with E-state index in [9.17, 15) is 27.6 Å². The molecule has 2 heterocycles. The third-order valence-corrected chi connectivity index (χ3v) is 4.41. The number of nitrogens with zero attached hydrogens (tertiary/aromatic N) is 1. The lowest BCUT2D eigenvalue weighted by atomic mass is 10.0. The summed E-state index contributed by atoms with van der Waals surface area (Å²) >= 11 is 3.07. The van der Waals surface area contributed by atoms with Gasteiger partial charge in [0.15, 0.2) is 0 Å². The molecule has 0 saturated carbocycles. The molecule has 6 nitrogen and oxygen atoms in total. The number of alkyl halides is 3. The molecule has 0 aromatic heterocycles. The van der Waals surface area contributed by atoms with E-state index in [1.807, 2.05) is 0 Å². The number of rotatable bonds is 2. The number of carbonyl (C=O) groups excluding carboxylic acids is 3. The number of fused-ring (bicyclic) bond motifs is 1. The second-order valence-electron chi connectivity index (χ2n) is 5.39. The van der Waals surface area contributed by atoms with Crippen LogP contribution in [0.3, 0.4) is 0 Å². The standard InChI is InChI=1S/C14H10BrF3N2O4/c15-8-4-7(24-14(16,17)18)3-6-5-20(13(23)11(6)8)9-1-2-10(21)19-12(9)22/h3-4,9H,1-2,5H2,(H,19,21,22). The Kier molecular flexibility index (Phi) is 4.02. The van der Waals surface area contributed by atoms with Crippen molar-refractivity contribution in [1.29, 1.82) is 0 Å². The summed E-state index contributed by atoms with van der Waals surface area (Å²) in [4.78, 5) is 36.9. The molecular formula is C14H10BrF3N2O4. The molecule has 24 heavy (non-hydrogen) atoms. The maximum Gasteiger partial charge on any atom is 0.573 e. The minimum atomic E-state index is -4.85. The Morgan fingerprint density at radius 1 is 1.25 bits per heavy atom. The van der Waals surface area contributed by atoms with Gasteiger partial charge in [0, 0.05) is 17.4 Å². The van der Waals surface area contributed by atoms with Crippen LogP contribution in [-0.2, 0) is 16.1 Å². The number of benzene rings is 1. The van der Waals surface area contributed by atoms with Crippen LogP contribution in [0.4, 0.5) is 13.2 Å². The lowest BCUT2D eigenvalue weighted by molar-refractivity contribution is -0.274. The van der Waals surface area contributed by atoms with E-state index in [-0.39, 0.29) is 29.4 Å². The van der Waals surface area contributed by atoms with Gasteiger partial charge >= 0.3 is 6.36 Å². The maximum atomic E-state index is 12.5. The zero-order valence-corrected chi connectivity index (χ0v) is 13.5. The number of hydrogen-bond acceptors (Lipinski definition) is 4. The fourth-order valence-electron chi connectivity index (χ4n) is 2.82. The number of piperidine rings is 1. The van der Waals surface area contributed by atoms with Crippen LogP contribution in [0.5, 0.6) is 5.75 Å². The Hall–Kier alpha value is -2.10. The van der Waals surface area contributed by atoms with E-state index in [1.165, 1.54) is 4.90 Å². The summed E-state index contributed by atoms with van der Waals surface area (Å²) in [6, 6.07) is 1.34. The smallest absolute Gasteiger partial charge is 0.406 e. The van der Waals surface area contributed by atoms with Crippen LogP contribution >= 0.6 is 15.9 Å². The zero-order valence-electron chi connectivity index (χ0n) is 11.9. The number of amides is 3. The highest BCUT2D eigenvalue weighted by molar-refractivity contribution is 9.10. The molecule has 0 spiro atoms. The Morgan fingerprint density at radius 2 is 1.96 bits per heavy atom. The van der Waals surface area contributed by atoms with Gasteiger partial charge in [-0.3, -0.25) is 19.7 Å². The van der Waals surface area contributed by atoms with Crippen molar-refractivity contribution in [2.24, 2.45) is 0 Å². The molecule has 0 radical (unpaired) electrons. The molecule has 2 aliphatic rings. The van der Waals surface area contributed by atoms with E-state index in [2.05, 4.69) is 26.0 Å². The van der Waals surface area contributed by atoms with Crippen LogP contribution in [0.15, 0.2) is 16.6 Å². The molecule has 1 fully saturated rings. The average molecular weight is 407 g/mol. The van der Waals surface area contributed by atoms with Crippen molar-refractivity contribution >= 4 is 33.7 Å². The SMILES string of the molecule is O=C1CCC(N2Cc3cc(OC(F)(F)F)cc(Br)c3C2=O)C(=O)N1. The van der Waals surface area contributed by atoms with Crippen molar-refractivity contribution in [3.63, 3.8) is 0 Å². The van der Waals surface area contributed by atoms with Crippen LogP contribution in [0.1, 0.15) is 28.8 Å². The summed E-state index contributed by atoms with van der Waals surface area (Å²) in [5, 5.41) is 2.15. The minimum Gasteiger partial charge on any atom is -0.406 e. The van der Waals surface area contributed by atoms with Crippen molar-refractivity contribution in [2.75, 3.05) is 0 Å². The molecule has 0 bridgehead atoms. The molecule has 3 rings (SSSR count). The summed E-state index contributed by atoms with van der Waals surface area (Å²) in [5.74, 6) is -1.94. The summed E-state index contributed by atoms with van der Waals surface area (Å²) in [7, 11) is 0. The first-order valence-electron chi connectivity index (χ1n) is 6.88. The van der Waals surface area contributed by atoms with Crippen LogP contribution in [0, 0.1) is 0 Å². The van der Waals surface area contributed by atoms with Gasteiger partial charge in [-0.1, -0.05) is 0 Å². The highest BCUT2D eigenvalue weighted by Gasteiger charge is 2.41. The summed E-state index contributed by atoms with van der Waals surface area (Å²) in [5.41, 5.74) is 0.507. The third-order valence-electron chi connectivity index (χ3n) is 3.78. The first-order chi connectivity index (χ1) is 11.2. The zero-order chi connectivity index (χ0) is 17.6. The normalized spacial score (nSPS) is 20.9. The van der Waals surface area contributed by atoms with Gasteiger partial charge < -0.3 is 9.64 Å². The monoisotopic (exact) mass is 406 g/mol. The first kappa shape index (κ1) is 16.7. The number of hydrogen-bond donors (Lipinski definition) is 1. The minimum absolute atomic E-state index is 0.0336. The molecule has 1 N–H and O–H groups in total. The fraction of sp³-hybridized carbons (Fsp3) is 0.357. The Balaban J connectivity index is 1.88. The van der Waals surface area contributed by atoms with Gasteiger partial charge in [-0.15, -0.1) is 13.2 Å². The third kappa shape index (κ3) is 3.10. The molecular weight excluding hydrogens is 397 g/mol. The lowest BCUT2D eigenvalue weighted by Gasteiger charge is -2.29.